The summed E-state index contributed by atoms with van der Waals surface area (Å²) in [5.41, 5.74) is 4.25. The molecule has 6 nitrogen and oxygen atoms in total. The molecule has 0 saturated carbocycles. The number of hydrogen-bond donors (Lipinski definition) is 0. The summed E-state index contributed by atoms with van der Waals surface area (Å²) in [6.45, 7) is 3.39. The van der Waals surface area contributed by atoms with Crippen LogP contribution >= 0.6 is 23.1 Å². The minimum atomic E-state index is -4.26. The van der Waals surface area contributed by atoms with Crippen LogP contribution in [0.5, 0.6) is 0 Å². The Morgan fingerprint density at radius 3 is 2.62 bits per heavy atom. The molecular formula is C29H26N2O4S3Se. The van der Waals surface area contributed by atoms with Crippen molar-refractivity contribution in [2.75, 3.05) is 17.2 Å². The van der Waals surface area contributed by atoms with E-state index in [4.69, 9.17) is 0 Å². The van der Waals surface area contributed by atoms with Crippen LogP contribution in [0, 0.1) is 0 Å². The first-order valence-electron chi connectivity index (χ1n) is 12.4. The van der Waals surface area contributed by atoms with Crippen LogP contribution < -0.4 is 14.2 Å². The Hall–Kier alpha value is -2.72. The number of para-hydroxylation sites is 1. The van der Waals surface area contributed by atoms with Gasteiger partial charge in [-0.15, -0.1) is 0 Å². The molecule has 0 fully saturated rings. The molecule has 1 aliphatic rings. The second-order valence-electron chi connectivity index (χ2n) is 8.77. The molecule has 2 aromatic heterocycles. The first-order valence-corrected chi connectivity index (χ1v) is 17.3. The van der Waals surface area contributed by atoms with Crippen molar-refractivity contribution in [1.82, 2.24) is 0 Å². The number of benzene rings is 2. The van der Waals surface area contributed by atoms with E-state index in [1.165, 1.54) is 15.9 Å². The predicted octanol–water partition coefficient (Wildman–Crippen LogP) is 5.11. The van der Waals surface area contributed by atoms with Gasteiger partial charge in [0.1, 0.15) is 0 Å². The molecule has 10 heteroatoms. The van der Waals surface area contributed by atoms with Crippen LogP contribution in [0.2, 0.25) is 0 Å². The van der Waals surface area contributed by atoms with Crippen LogP contribution in [0.25, 0.3) is 20.7 Å². The summed E-state index contributed by atoms with van der Waals surface area (Å²) in [5.74, 6) is -0.386. The number of allylic oxidation sites excluding steroid dienone is 4. The number of rotatable bonds is 9. The molecule has 0 amide bonds. The molecule has 0 atom stereocenters. The van der Waals surface area contributed by atoms with E-state index in [9.17, 15) is 17.8 Å². The average molecular weight is 642 g/mol. The number of thioether (sulfide) groups is 1. The molecule has 0 N–H and O–H groups in total. The van der Waals surface area contributed by atoms with Crippen LogP contribution in [-0.2, 0) is 16.7 Å². The summed E-state index contributed by atoms with van der Waals surface area (Å²) in [6.07, 6.45) is 8.69. The number of aromatic nitrogens is 1. The van der Waals surface area contributed by atoms with Gasteiger partial charge in [0, 0.05) is 0 Å². The van der Waals surface area contributed by atoms with Crippen molar-refractivity contribution >= 4 is 74.1 Å². The van der Waals surface area contributed by atoms with Crippen molar-refractivity contribution in [2.45, 2.75) is 24.8 Å². The zero-order chi connectivity index (χ0) is 27.4. The second-order valence-corrected chi connectivity index (χ2v) is 15.1. The van der Waals surface area contributed by atoms with Crippen LogP contribution in [0.4, 0.5) is 5.69 Å². The Bertz CT molecular complexity index is 1760. The second kappa shape index (κ2) is 12.2. The molecule has 3 heterocycles. The molecular weight excluding hydrogens is 615 g/mol. The van der Waals surface area contributed by atoms with Gasteiger partial charge in [0.15, 0.2) is 0 Å². The summed E-state index contributed by atoms with van der Waals surface area (Å²) >= 11 is 3.03. The van der Waals surface area contributed by atoms with Crippen LogP contribution in [0.3, 0.4) is 0 Å². The van der Waals surface area contributed by atoms with E-state index in [2.05, 4.69) is 52.8 Å². The molecule has 200 valence electrons. The number of nitrogens with zero attached hydrogens (tertiary/aromatic N) is 2. The molecule has 0 unspecified atom stereocenters. The Morgan fingerprint density at radius 2 is 1.85 bits per heavy atom. The molecule has 2 aromatic carbocycles. The van der Waals surface area contributed by atoms with Crippen molar-refractivity contribution < 1.29 is 17.5 Å². The number of aryl methyl sites for hydroxylation is 1. The minimum absolute atomic E-state index is 0.0643. The van der Waals surface area contributed by atoms with Gasteiger partial charge in [0.05, 0.1) is 0 Å². The average Bonchev–Trinajstić information content (AvgIpc) is 3.45. The van der Waals surface area contributed by atoms with Gasteiger partial charge in [-0.3, -0.25) is 0 Å². The number of anilines is 1. The van der Waals surface area contributed by atoms with E-state index in [0.717, 1.165) is 42.4 Å². The third-order valence-electron chi connectivity index (χ3n) is 6.18. The fourth-order valence-corrected chi connectivity index (χ4v) is 9.82. The molecule has 0 bridgehead atoms. The van der Waals surface area contributed by atoms with Crippen LogP contribution in [0.15, 0.2) is 99.7 Å². The summed E-state index contributed by atoms with van der Waals surface area (Å²) in [7, 11) is -4.26. The molecule has 5 rings (SSSR count). The number of fused-ring (bicyclic) bond motifs is 2. The molecule has 0 radical (unpaired) electrons. The molecule has 4 aromatic rings. The quantitative estimate of drug-likeness (QED) is 0.109. The third kappa shape index (κ3) is 6.72. The standard InChI is InChI=1S/C29H26N2O4S3Se/c1-2-30-24-15-18-28(32)37-29(24)39-27(30)17-14-22(21-9-4-3-5-10-21)13-16-26-31(19-8-20-38(33,34)35)23-11-6-7-12-25(23)36-26/h3-7,9-18H,2,8,19-20H2,1H3. The first-order chi connectivity index (χ1) is 18.8. The summed E-state index contributed by atoms with van der Waals surface area (Å²) in [5, 5.41) is 0.978. The SMILES string of the molecule is CC[n+]1c(/C=C/C(=C/C=C2/Sc3ccccc3N2CCCS(=O)(=O)[O-])c2ccccc2)[se]c2sc(=O)ccc21. The van der Waals surface area contributed by atoms with Gasteiger partial charge in [0.25, 0.3) is 0 Å². The van der Waals surface area contributed by atoms with E-state index in [0.29, 0.717) is 6.54 Å². The summed E-state index contributed by atoms with van der Waals surface area (Å²) in [6, 6.07) is 21.7. The third-order valence-corrected chi connectivity index (χ3v) is 11.8. The van der Waals surface area contributed by atoms with E-state index in [1.807, 2.05) is 48.5 Å². The molecule has 39 heavy (non-hydrogen) atoms. The predicted molar refractivity (Wildman–Crippen MR) is 161 cm³/mol. The zero-order valence-corrected chi connectivity index (χ0v) is 25.3. The van der Waals surface area contributed by atoms with Crippen LogP contribution in [-0.4, -0.2) is 39.8 Å². The van der Waals surface area contributed by atoms with E-state index in [-0.39, 0.29) is 31.4 Å². The van der Waals surface area contributed by atoms with Crippen molar-refractivity contribution in [1.29, 1.82) is 0 Å². The van der Waals surface area contributed by atoms with Gasteiger partial charge in [-0.05, 0) is 0 Å². The van der Waals surface area contributed by atoms with Gasteiger partial charge in [0.2, 0.25) is 0 Å². The molecule has 0 saturated heterocycles. The van der Waals surface area contributed by atoms with Gasteiger partial charge < -0.3 is 4.55 Å². The summed E-state index contributed by atoms with van der Waals surface area (Å²) in [4.78, 5) is 15.1. The summed E-state index contributed by atoms with van der Waals surface area (Å²) < 4.78 is 38.3. The van der Waals surface area contributed by atoms with Gasteiger partial charge in [-0.25, -0.2) is 8.42 Å². The van der Waals surface area contributed by atoms with E-state index >= 15 is 0 Å². The normalized spacial score (nSPS) is 15.1. The zero-order valence-electron chi connectivity index (χ0n) is 21.1. The fourth-order valence-electron chi connectivity index (χ4n) is 4.39. The van der Waals surface area contributed by atoms with Crippen molar-refractivity contribution in [3.05, 3.63) is 110 Å². The molecule has 1 aliphatic heterocycles. The Kier molecular flexibility index (Phi) is 8.71. The Labute approximate surface area is 242 Å². The van der Waals surface area contributed by atoms with Crippen LogP contribution in [0.1, 0.15) is 23.5 Å². The van der Waals surface area contributed by atoms with E-state index < -0.39 is 10.1 Å². The van der Waals surface area contributed by atoms with Gasteiger partial charge in [-0.2, -0.15) is 0 Å². The molecule has 0 spiro atoms. The Balaban J connectivity index is 1.51. The Morgan fingerprint density at radius 1 is 1.08 bits per heavy atom. The van der Waals surface area contributed by atoms with Crippen molar-refractivity contribution in [3.8, 4) is 0 Å². The topological polar surface area (TPSA) is 81.4 Å². The fraction of sp³-hybridized carbons (Fsp3) is 0.172. The number of hydrogen-bond acceptors (Lipinski definition) is 7. The van der Waals surface area contributed by atoms with E-state index in [1.54, 1.807) is 17.8 Å². The van der Waals surface area contributed by atoms with Gasteiger partial charge in [-0.1, -0.05) is 0 Å². The first kappa shape index (κ1) is 27.8. The molecule has 0 aliphatic carbocycles. The maximum absolute atomic E-state index is 11.9. The van der Waals surface area contributed by atoms with Gasteiger partial charge >= 0.3 is 230 Å². The monoisotopic (exact) mass is 642 g/mol. The van der Waals surface area contributed by atoms with Crippen molar-refractivity contribution in [2.24, 2.45) is 0 Å². The van der Waals surface area contributed by atoms with Crippen molar-refractivity contribution in [3.63, 3.8) is 0 Å². The maximum atomic E-state index is 11.9.